The highest BCUT2D eigenvalue weighted by atomic mass is 19.4. The van der Waals surface area contributed by atoms with Gasteiger partial charge in [0.25, 0.3) is 0 Å². The molecule has 10 heteroatoms. The van der Waals surface area contributed by atoms with Gasteiger partial charge >= 0.3 is 12.0 Å². The molecule has 0 fully saturated rings. The van der Waals surface area contributed by atoms with Crippen LogP contribution in [0.3, 0.4) is 0 Å². The number of imidazole rings is 1. The van der Waals surface area contributed by atoms with Crippen LogP contribution in [0.4, 0.5) is 24.8 Å². The standard InChI is InChI=1S/C14H10F3N5O2/c15-14(16,17)10-3-1-9(2-4-10)7-18-11-5-6-12-19-8-13(22(23)24)21(12)20-11/h1-6,8H,7H2,(H,18,20). The molecule has 0 amide bonds. The van der Waals surface area contributed by atoms with Crippen molar-refractivity contribution in [1.29, 1.82) is 0 Å². The Hall–Kier alpha value is -3.17. The average molecular weight is 337 g/mol. The predicted molar refractivity (Wildman–Crippen MR) is 78.4 cm³/mol. The SMILES string of the molecule is O=[N+]([O-])c1cnc2ccc(NCc3ccc(C(F)(F)F)cc3)nn12. The number of anilines is 1. The van der Waals surface area contributed by atoms with Crippen molar-refractivity contribution < 1.29 is 18.1 Å². The molecule has 0 radical (unpaired) electrons. The minimum Gasteiger partial charge on any atom is -0.363 e. The van der Waals surface area contributed by atoms with Crippen molar-refractivity contribution in [2.24, 2.45) is 0 Å². The van der Waals surface area contributed by atoms with Crippen LogP contribution in [0.2, 0.25) is 0 Å². The molecule has 0 saturated heterocycles. The van der Waals surface area contributed by atoms with Crippen molar-refractivity contribution in [3.63, 3.8) is 0 Å². The van der Waals surface area contributed by atoms with Gasteiger partial charge in [-0.05, 0) is 28.7 Å². The number of rotatable bonds is 4. The molecule has 0 aliphatic heterocycles. The van der Waals surface area contributed by atoms with Crippen molar-refractivity contribution in [3.05, 3.63) is 63.8 Å². The third kappa shape index (κ3) is 3.12. The van der Waals surface area contributed by atoms with Crippen LogP contribution < -0.4 is 5.32 Å². The predicted octanol–water partition coefficient (Wildman–Crippen LogP) is 3.27. The molecule has 24 heavy (non-hydrogen) atoms. The maximum absolute atomic E-state index is 12.5. The number of hydrogen-bond acceptors (Lipinski definition) is 5. The quantitative estimate of drug-likeness (QED) is 0.583. The number of fused-ring (bicyclic) bond motifs is 1. The highest BCUT2D eigenvalue weighted by molar-refractivity contribution is 5.48. The zero-order valence-corrected chi connectivity index (χ0v) is 12.0. The smallest absolute Gasteiger partial charge is 0.363 e. The van der Waals surface area contributed by atoms with E-state index in [2.05, 4.69) is 15.4 Å². The maximum atomic E-state index is 12.5. The molecule has 2 aromatic heterocycles. The van der Waals surface area contributed by atoms with Crippen LogP contribution in [0.5, 0.6) is 0 Å². The van der Waals surface area contributed by atoms with Crippen molar-refractivity contribution in [3.8, 4) is 0 Å². The Labute approximate surface area is 132 Å². The Bertz CT molecular complexity index is 890. The summed E-state index contributed by atoms with van der Waals surface area (Å²) in [5.74, 6) is 0.0617. The van der Waals surface area contributed by atoms with E-state index in [9.17, 15) is 23.3 Å². The molecule has 0 unspecified atom stereocenters. The first-order valence-corrected chi connectivity index (χ1v) is 6.74. The number of hydrogen-bond donors (Lipinski definition) is 1. The minimum absolute atomic E-state index is 0.221. The first kappa shape index (κ1) is 15.7. The normalized spacial score (nSPS) is 11.6. The van der Waals surface area contributed by atoms with Crippen LogP contribution in [0, 0.1) is 10.1 Å². The summed E-state index contributed by atoms with van der Waals surface area (Å²) >= 11 is 0. The Kier molecular flexibility index (Phi) is 3.80. The van der Waals surface area contributed by atoms with Gasteiger partial charge in [0.2, 0.25) is 5.65 Å². The number of halogens is 3. The molecule has 0 atom stereocenters. The number of benzene rings is 1. The number of nitro groups is 1. The molecule has 0 aliphatic carbocycles. The van der Waals surface area contributed by atoms with Crippen LogP contribution in [0.1, 0.15) is 11.1 Å². The van der Waals surface area contributed by atoms with E-state index in [1.807, 2.05) is 0 Å². The van der Waals surface area contributed by atoms with Crippen molar-refractivity contribution in [2.75, 3.05) is 5.32 Å². The molecule has 124 valence electrons. The van der Waals surface area contributed by atoms with Gasteiger partial charge in [-0.1, -0.05) is 21.7 Å². The molecule has 3 rings (SSSR count). The van der Waals surface area contributed by atoms with Crippen molar-refractivity contribution in [2.45, 2.75) is 12.7 Å². The molecular weight excluding hydrogens is 327 g/mol. The van der Waals surface area contributed by atoms with Gasteiger partial charge < -0.3 is 15.4 Å². The third-order valence-corrected chi connectivity index (χ3v) is 3.29. The largest absolute Gasteiger partial charge is 0.416 e. The molecule has 2 heterocycles. The molecule has 1 aromatic carbocycles. The summed E-state index contributed by atoms with van der Waals surface area (Å²) in [4.78, 5) is 14.1. The Morgan fingerprint density at radius 2 is 1.88 bits per heavy atom. The average Bonchev–Trinajstić information content (AvgIpc) is 2.96. The fourth-order valence-corrected chi connectivity index (χ4v) is 2.08. The summed E-state index contributed by atoms with van der Waals surface area (Å²) in [6.45, 7) is 0.221. The van der Waals surface area contributed by atoms with Crippen LogP contribution in [-0.4, -0.2) is 19.5 Å². The third-order valence-electron chi connectivity index (χ3n) is 3.29. The first-order valence-electron chi connectivity index (χ1n) is 6.74. The fraction of sp³-hybridized carbons (Fsp3) is 0.143. The number of aromatic nitrogens is 3. The summed E-state index contributed by atoms with van der Waals surface area (Å²) in [6, 6.07) is 7.83. The molecule has 1 N–H and O–H groups in total. The van der Waals surface area contributed by atoms with Crippen LogP contribution >= 0.6 is 0 Å². The van der Waals surface area contributed by atoms with Gasteiger partial charge in [-0.2, -0.15) is 13.2 Å². The topological polar surface area (TPSA) is 85.4 Å². The molecule has 0 saturated carbocycles. The Morgan fingerprint density at radius 3 is 2.50 bits per heavy atom. The summed E-state index contributed by atoms with van der Waals surface area (Å²) in [5.41, 5.74) is 0.214. The van der Waals surface area contributed by atoms with E-state index in [-0.39, 0.29) is 12.4 Å². The Morgan fingerprint density at radius 1 is 1.17 bits per heavy atom. The van der Waals surface area contributed by atoms with Crippen molar-refractivity contribution >= 4 is 17.3 Å². The van der Waals surface area contributed by atoms with E-state index in [0.717, 1.165) is 22.8 Å². The zero-order valence-electron chi connectivity index (χ0n) is 12.0. The van der Waals surface area contributed by atoms with Gasteiger partial charge in [-0.15, -0.1) is 0 Å². The van der Waals surface area contributed by atoms with Crippen LogP contribution in [0.25, 0.3) is 5.65 Å². The van der Waals surface area contributed by atoms with E-state index in [1.165, 1.54) is 12.1 Å². The van der Waals surface area contributed by atoms with E-state index in [1.54, 1.807) is 12.1 Å². The summed E-state index contributed by atoms with van der Waals surface area (Å²) < 4.78 is 38.6. The minimum atomic E-state index is -4.38. The molecule has 3 aromatic rings. The van der Waals surface area contributed by atoms with E-state index >= 15 is 0 Å². The summed E-state index contributed by atoms with van der Waals surface area (Å²) in [7, 11) is 0. The van der Waals surface area contributed by atoms with Gasteiger partial charge in [-0.25, -0.2) is 4.98 Å². The van der Waals surface area contributed by atoms with Crippen LogP contribution in [-0.2, 0) is 12.7 Å². The number of alkyl halides is 3. The lowest BCUT2D eigenvalue weighted by Gasteiger charge is -2.08. The lowest BCUT2D eigenvalue weighted by molar-refractivity contribution is -0.391. The number of nitrogens with one attached hydrogen (secondary N) is 1. The molecule has 0 spiro atoms. The van der Waals surface area contributed by atoms with Crippen molar-refractivity contribution in [1.82, 2.24) is 14.6 Å². The van der Waals surface area contributed by atoms with Gasteiger partial charge in [0.1, 0.15) is 6.20 Å². The lowest BCUT2D eigenvalue weighted by atomic mass is 10.1. The van der Waals surface area contributed by atoms with Crippen LogP contribution in [0.15, 0.2) is 42.6 Å². The van der Waals surface area contributed by atoms with Gasteiger partial charge in [0.15, 0.2) is 5.82 Å². The van der Waals surface area contributed by atoms with Gasteiger partial charge in [0, 0.05) is 12.6 Å². The highest BCUT2D eigenvalue weighted by Crippen LogP contribution is 2.29. The summed E-state index contributed by atoms with van der Waals surface area (Å²) in [5, 5.41) is 17.8. The molecule has 0 bridgehead atoms. The first-order chi connectivity index (χ1) is 11.3. The van der Waals surface area contributed by atoms with E-state index in [4.69, 9.17) is 0 Å². The lowest BCUT2D eigenvalue weighted by Crippen LogP contribution is -2.07. The second-order valence-electron chi connectivity index (χ2n) is 4.91. The second kappa shape index (κ2) is 5.80. The van der Waals surface area contributed by atoms with Gasteiger partial charge in [-0.3, -0.25) is 0 Å². The van der Waals surface area contributed by atoms with E-state index in [0.29, 0.717) is 17.0 Å². The molecule has 0 aliphatic rings. The highest BCUT2D eigenvalue weighted by Gasteiger charge is 2.29. The second-order valence-corrected chi connectivity index (χ2v) is 4.91. The van der Waals surface area contributed by atoms with Gasteiger partial charge in [0.05, 0.1) is 5.56 Å². The summed E-state index contributed by atoms with van der Waals surface area (Å²) in [6.07, 6.45) is -3.28. The fourth-order valence-electron chi connectivity index (χ4n) is 2.08. The molecular formula is C14H10F3N5O2. The monoisotopic (exact) mass is 337 g/mol. The van der Waals surface area contributed by atoms with E-state index < -0.39 is 16.7 Å². The maximum Gasteiger partial charge on any atom is 0.416 e. The molecule has 7 nitrogen and oxygen atoms in total. The Balaban J connectivity index is 1.76. The number of nitrogens with zero attached hydrogens (tertiary/aromatic N) is 4. The zero-order chi connectivity index (χ0) is 17.3.